The first-order chi connectivity index (χ1) is 14.7. The van der Waals surface area contributed by atoms with Gasteiger partial charge in [0.15, 0.2) is 0 Å². The van der Waals surface area contributed by atoms with Crippen molar-refractivity contribution in [3.63, 3.8) is 0 Å². The fraction of sp³-hybridized carbons (Fsp3) is 0.400. The lowest BCUT2D eigenvalue weighted by Crippen LogP contribution is -2.48. The lowest BCUT2D eigenvalue weighted by atomic mass is 10.0. The second-order valence-corrected chi connectivity index (χ2v) is 7.12. The molecule has 0 aliphatic heterocycles. The van der Waals surface area contributed by atoms with Gasteiger partial charge < -0.3 is 20.1 Å². The van der Waals surface area contributed by atoms with E-state index >= 15 is 0 Å². The monoisotopic (exact) mass is 432 g/mol. The summed E-state index contributed by atoms with van der Waals surface area (Å²) in [7, 11) is 0. The molecule has 0 bridgehead atoms. The number of benzene rings is 1. The van der Waals surface area contributed by atoms with Crippen molar-refractivity contribution in [2.45, 2.75) is 33.2 Å². The van der Waals surface area contributed by atoms with Gasteiger partial charge in [0.1, 0.15) is 23.9 Å². The van der Waals surface area contributed by atoms with Gasteiger partial charge in [0.05, 0.1) is 10.3 Å². The summed E-state index contributed by atoms with van der Waals surface area (Å²) in [4.78, 5) is 50.1. The van der Waals surface area contributed by atoms with Crippen LogP contribution < -0.4 is 15.4 Å². The standard InChI is InChI=1S/C20H24N4O7/c1-12(2)9-15(23-13(3)25)20(27)22-10-18(26)31-11-30-17-7-6-16(24(28)29)14-5-4-8-21-19(14)17/h4-8,12,15H,9-11H2,1-3H3,(H,22,27)(H,23,25). The molecule has 31 heavy (non-hydrogen) atoms. The van der Waals surface area contributed by atoms with Crippen molar-refractivity contribution in [2.24, 2.45) is 5.92 Å². The van der Waals surface area contributed by atoms with Gasteiger partial charge in [-0.15, -0.1) is 0 Å². The molecule has 1 atom stereocenters. The van der Waals surface area contributed by atoms with Crippen LogP contribution in [0.2, 0.25) is 0 Å². The third-order valence-electron chi connectivity index (χ3n) is 4.15. The van der Waals surface area contributed by atoms with Crippen LogP contribution in [0.3, 0.4) is 0 Å². The number of nitrogens with one attached hydrogen (secondary N) is 2. The number of ether oxygens (including phenoxy) is 2. The lowest BCUT2D eigenvalue weighted by molar-refractivity contribution is -0.383. The van der Waals surface area contributed by atoms with E-state index in [9.17, 15) is 24.5 Å². The van der Waals surface area contributed by atoms with Crippen molar-refractivity contribution in [3.05, 3.63) is 40.6 Å². The van der Waals surface area contributed by atoms with Gasteiger partial charge in [-0.25, -0.2) is 0 Å². The molecule has 0 fully saturated rings. The summed E-state index contributed by atoms with van der Waals surface area (Å²) in [5.74, 6) is -1.22. The number of carbonyl (C=O) groups is 3. The van der Waals surface area contributed by atoms with Gasteiger partial charge in [-0.2, -0.15) is 0 Å². The number of non-ortho nitro benzene ring substituents is 1. The fourth-order valence-electron chi connectivity index (χ4n) is 2.85. The van der Waals surface area contributed by atoms with E-state index in [-0.39, 0.29) is 34.2 Å². The van der Waals surface area contributed by atoms with Gasteiger partial charge in [0, 0.05) is 19.2 Å². The first kappa shape index (κ1) is 23.5. The van der Waals surface area contributed by atoms with Crippen molar-refractivity contribution in [1.82, 2.24) is 15.6 Å². The molecule has 1 aromatic heterocycles. The second kappa shape index (κ2) is 10.9. The molecular weight excluding hydrogens is 408 g/mol. The number of nitrogens with zero attached hydrogens (tertiary/aromatic N) is 2. The smallest absolute Gasteiger partial charge is 0.328 e. The van der Waals surface area contributed by atoms with Gasteiger partial charge in [-0.05, 0) is 30.5 Å². The van der Waals surface area contributed by atoms with Crippen molar-refractivity contribution >= 4 is 34.4 Å². The molecule has 0 saturated heterocycles. The molecule has 2 rings (SSSR count). The highest BCUT2D eigenvalue weighted by molar-refractivity contribution is 5.92. The van der Waals surface area contributed by atoms with Crippen LogP contribution in [-0.2, 0) is 19.1 Å². The molecule has 166 valence electrons. The topological polar surface area (TPSA) is 150 Å². The lowest BCUT2D eigenvalue weighted by Gasteiger charge is -2.19. The van der Waals surface area contributed by atoms with Crippen LogP contribution in [0.4, 0.5) is 5.69 Å². The number of esters is 1. The quantitative estimate of drug-likeness (QED) is 0.249. The number of nitro groups is 1. The molecular formula is C20H24N4O7. The van der Waals surface area contributed by atoms with Crippen LogP contribution in [0, 0.1) is 16.0 Å². The molecule has 1 aromatic carbocycles. The highest BCUT2D eigenvalue weighted by atomic mass is 16.7. The summed E-state index contributed by atoms with van der Waals surface area (Å²) in [5, 5.41) is 16.4. The number of nitro benzene ring substituents is 1. The van der Waals surface area contributed by atoms with Crippen molar-refractivity contribution < 1.29 is 28.8 Å². The Hall–Kier alpha value is -3.76. The summed E-state index contributed by atoms with van der Waals surface area (Å²) < 4.78 is 10.3. The van der Waals surface area contributed by atoms with Gasteiger partial charge in [-0.1, -0.05) is 13.8 Å². The number of hydrogen-bond donors (Lipinski definition) is 2. The maximum absolute atomic E-state index is 12.2. The van der Waals surface area contributed by atoms with E-state index in [0.29, 0.717) is 6.42 Å². The normalized spacial score (nSPS) is 11.6. The SMILES string of the molecule is CC(=O)NC(CC(C)C)C(=O)NCC(=O)OCOc1ccc([N+](=O)[O-])c2cccnc12. The highest BCUT2D eigenvalue weighted by Crippen LogP contribution is 2.31. The number of fused-ring (bicyclic) bond motifs is 1. The van der Waals surface area contributed by atoms with E-state index in [1.807, 2.05) is 13.8 Å². The first-order valence-electron chi connectivity index (χ1n) is 9.54. The molecule has 2 aromatic rings. The minimum absolute atomic E-state index is 0.120. The number of pyridine rings is 1. The van der Waals surface area contributed by atoms with Gasteiger partial charge >= 0.3 is 5.97 Å². The van der Waals surface area contributed by atoms with Crippen LogP contribution in [0.5, 0.6) is 5.75 Å². The highest BCUT2D eigenvalue weighted by Gasteiger charge is 2.21. The summed E-state index contributed by atoms with van der Waals surface area (Å²) in [6, 6.07) is 5.00. The molecule has 2 N–H and O–H groups in total. The Morgan fingerprint density at radius 1 is 1.23 bits per heavy atom. The second-order valence-electron chi connectivity index (χ2n) is 7.12. The number of aromatic nitrogens is 1. The van der Waals surface area contributed by atoms with Gasteiger partial charge in [-0.3, -0.25) is 29.5 Å². The third-order valence-corrected chi connectivity index (χ3v) is 4.15. The maximum Gasteiger partial charge on any atom is 0.328 e. The van der Waals surface area contributed by atoms with Crippen LogP contribution in [-0.4, -0.2) is 47.1 Å². The Bertz CT molecular complexity index is 977. The number of rotatable bonds is 10. The van der Waals surface area contributed by atoms with E-state index in [4.69, 9.17) is 9.47 Å². The molecule has 0 saturated carbocycles. The van der Waals surface area contributed by atoms with Crippen LogP contribution in [0.15, 0.2) is 30.5 Å². The minimum atomic E-state index is -0.751. The Labute approximate surface area is 178 Å². The van der Waals surface area contributed by atoms with Gasteiger partial charge in [0.25, 0.3) is 5.69 Å². The van der Waals surface area contributed by atoms with E-state index in [1.165, 1.54) is 31.3 Å². The molecule has 11 nitrogen and oxygen atoms in total. The Morgan fingerprint density at radius 2 is 1.97 bits per heavy atom. The zero-order valence-electron chi connectivity index (χ0n) is 17.4. The van der Waals surface area contributed by atoms with Crippen LogP contribution in [0.1, 0.15) is 27.2 Å². The zero-order valence-corrected chi connectivity index (χ0v) is 17.4. The number of amides is 2. The van der Waals surface area contributed by atoms with Crippen molar-refractivity contribution in [2.75, 3.05) is 13.3 Å². The van der Waals surface area contributed by atoms with E-state index in [0.717, 1.165) is 0 Å². The zero-order chi connectivity index (χ0) is 23.0. The first-order valence-corrected chi connectivity index (χ1v) is 9.54. The molecule has 1 heterocycles. The van der Waals surface area contributed by atoms with E-state index in [1.54, 1.807) is 6.07 Å². The predicted octanol–water partition coefficient (Wildman–Crippen LogP) is 1.69. The Morgan fingerprint density at radius 3 is 2.61 bits per heavy atom. The minimum Gasteiger partial charge on any atom is -0.455 e. The van der Waals surface area contributed by atoms with Gasteiger partial charge in [0.2, 0.25) is 18.6 Å². The van der Waals surface area contributed by atoms with E-state index < -0.39 is 36.2 Å². The molecule has 1 unspecified atom stereocenters. The summed E-state index contributed by atoms with van der Waals surface area (Å²) in [5.41, 5.74) is 0.137. The predicted molar refractivity (Wildman–Crippen MR) is 110 cm³/mol. The molecule has 0 aliphatic rings. The largest absolute Gasteiger partial charge is 0.455 e. The van der Waals surface area contributed by atoms with Crippen molar-refractivity contribution in [1.29, 1.82) is 0 Å². The van der Waals surface area contributed by atoms with Crippen LogP contribution >= 0.6 is 0 Å². The average Bonchev–Trinajstić information content (AvgIpc) is 2.70. The average molecular weight is 432 g/mol. The molecule has 0 spiro atoms. The summed E-state index contributed by atoms with van der Waals surface area (Å²) in [6.07, 6.45) is 1.88. The van der Waals surface area contributed by atoms with Crippen LogP contribution in [0.25, 0.3) is 10.9 Å². The summed E-state index contributed by atoms with van der Waals surface area (Å²) in [6.45, 7) is 4.24. The third kappa shape index (κ3) is 6.91. The Kier molecular flexibility index (Phi) is 8.24. The molecule has 11 heteroatoms. The fourth-order valence-corrected chi connectivity index (χ4v) is 2.85. The Balaban J connectivity index is 1.90. The molecule has 2 amide bonds. The van der Waals surface area contributed by atoms with Crippen molar-refractivity contribution in [3.8, 4) is 5.75 Å². The maximum atomic E-state index is 12.2. The summed E-state index contributed by atoms with van der Waals surface area (Å²) >= 11 is 0. The molecule has 0 aliphatic carbocycles. The molecule has 0 radical (unpaired) electrons. The van der Waals surface area contributed by atoms with E-state index in [2.05, 4.69) is 15.6 Å². The number of hydrogen-bond acceptors (Lipinski definition) is 8. The number of carbonyl (C=O) groups excluding carboxylic acids is 3.